The predicted molar refractivity (Wildman–Crippen MR) is 72.4 cm³/mol. The Balaban J connectivity index is 2.93. The predicted octanol–water partition coefficient (Wildman–Crippen LogP) is 0.746. The number of hydrogen-bond donors (Lipinski definition) is 3. The van der Waals surface area contributed by atoms with Gasteiger partial charge in [-0.25, -0.2) is 9.59 Å². The van der Waals surface area contributed by atoms with Crippen LogP contribution in [0.1, 0.15) is 24.2 Å². The van der Waals surface area contributed by atoms with E-state index in [1.54, 1.807) is 6.92 Å². The lowest BCUT2D eigenvalue weighted by Crippen LogP contribution is -2.42. The molecular weight excluding hydrogens is 280 g/mol. The van der Waals surface area contributed by atoms with E-state index in [1.165, 1.54) is 25.1 Å². The van der Waals surface area contributed by atoms with Crippen molar-refractivity contribution in [3.05, 3.63) is 23.8 Å². The number of amides is 3. The molecule has 3 amide bonds. The number of carboxylic acids is 1. The first-order valence-electron chi connectivity index (χ1n) is 6.12. The van der Waals surface area contributed by atoms with Crippen molar-refractivity contribution in [1.82, 2.24) is 5.32 Å². The summed E-state index contributed by atoms with van der Waals surface area (Å²) in [6.45, 7) is 3.43. The second-order valence-electron chi connectivity index (χ2n) is 4.01. The van der Waals surface area contributed by atoms with Crippen molar-refractivity contribution in [1.29, 1.82) is 0 Å². The maximum Gasteiger partial charge on any atom is 0.335 e. The first kappa shape index (κ1) is 16.3. The first-order valence-corrected chi connectivity index (χ1v) is 6.12. The normalized spacial score (nSPS) is 11.3. The Hall–Kier alpha value is -2.77. The minimum Gasteiger partial charge on any atom is -0.490 e. The second kappa shape index (κ2) is 7.13. The van der Waals surface area contributed by atoms with Crippen LogP contribution in [0.5, 0.6) is 11.5 Å². The number of urea groups is 1. The molecule has 0 radical (unpaired) electrons. The Morgan fingerprint density at radius 2 is 2.00 bits per heavy atom. The lowest BCUT2D eigenvalue weighted by atomic mass is 10.2. The number of imide groups is 1. The van der Waals surface area contributed by atoms with Crippen molar-refractivity contribution in [2.24, 2.45) is 5.73 Å². The third kappa shape index (κ3) is 4.68. The van der Waals surface area contributed by atoms with Gasteiger partial charge in [-0.2, -0.15) is 0 Å². The summed E-state index contributed by atoms with van der Waals surface area (Å²) in [6.07, 6.45) is -1.01. The van der Waals surface area contributed by atoms with E-state index in [4.69, 9.17) is 20.3 Å². The van der Waals surface area contributed by atoms with Crippen LogP contribution in [0.2, 0.25) is 0 Å². The molecule has 4 N–H and O–H groups in total. The maximum absolute atomic E-state index is 11.5. The number of carbonyl (C=O) groups is 3. The van der Waals surface area contributed by atoms with Crippen LogP contribution < -0.4 is 20.5 Å². The van der Waals surface area contributed by atoms with Gasteiger partial charge in [-0.15, -0.1) is 0 Å². The largest absolute Gasteiger partial charge is 0.490 e. The molecule has 0 spiro atoms. The topological polar surface area (TPSA) is 128 Å². The molecule has 21 heavy (non-hydrogen) atoms. The summed E-state index contributed by atoms with van der Waals surface area (Å²) in [7, 11) is 0. The zero-order valence-corrected chi connectivity index (χ0v) is 11.6. The molecule has 1 aromatic carbocycles. The molecule has 0 saturated heterocycles. The van der Waals surface area contributed by atoms with Gasteiger partial charge in [-0.1, -0.05) is 0 Å². The summed E-state index contributed by atoms with van der Waals surface area (Å²) in [5.74, 6) is -1.45. The highest BCUT2D eigenvalue weighted by atomic mass is 16.5. The SMILES string of the molecule is CCOc1cc(C(=O)O)ccc1OC(C)C(=O)NC(N)=O. The number of rotatable bonds is 6. The summed E-state index contributed by atoms with van der Waals surface area (Å²) in [4.78, 5) is 33.0. The minimum absolute atomic E-state index is 0.0278. The molecule has 1 aromatic rings. The number of hydrogen-bond acceptors (Lipinski definition) is 5. The van der Waals surface area contributed by atoms with Crippen molar-refractivity contribution < 1.29 is 29.0 Å². The molecule has 1 unspecified atom stereocenters. The van der Waals surface area contributed by atoms with Gasteiger partial charge < -0.3 is 20.3 Å². The molecule has 0 heterocycles. The van der Waals surface area contributed by atoms with Crippen molar-refractivity contribution in [2.75, 3.05) is 6.61 Å². The van der Waals surface area contributed by atoms with Gasteiger partial charge in [-0.3, -0.25) is 10.1 Å². The number of aromatic carboxylic acids is 1. The summed E-state index contributed by atoms with van der Waals surface area (Å²) < 4.78 is 10.6. The fourth-order valence-electron chi connectivity index (χ4n) is 1.47. The fraction of sp³-hybridized carbons (Fsp3) is 0.308. The van der Waals surface area contributed by atoms with E-state index in [9.17, 15) is 14.4 Å². The quantitative estimate of drug-likeness (QED) is 0.710. The number of carbonyl (C=O) groups excluding carboxylic acids is 2. The Bertz CT molecular complexity index is 558. The van der Waals surface area contributed by atoms with Crippen LogP contribution in [0.4, 0.5) is 4.79 Å². The zero-order valence-electron chi connectivity index (χ0n) is 11.6. The van der Waals surface area contributed by atoms with Crippen LogP contribution in [0.3, 0.4) is 0 Å². The van der Waals surface area contributed by atoms with E-state index in [0.29, 0.717) is 6.61 Å². The Kier molecular flexibility index (Phi) is 5.53. The fourth-order valence-corrected chi connectivity index (χ4v) is 1.47. The molecule has 1 atom stereocenters. The number of primary amides is 1. The van der Waals surface area contributed by atoms with Crippen LogP contribution in [-0.2, 0) is 4.79 Å². The van der Waals surface area contributed by atoms with Crippen LogP contribution in [-0.4, -0.2) is 35.7 Å². The van der Waals surface area contributed by atoms with E-state index in [2.05, 4.69) is 0 Å². The third-order valence-electron chi connectivity index (χ3n) is 2.41. The van der Waals surface area contributed by atoms with Gasteiger partial charge in [0.05, 0.1) is 12.2 Å². The highest BCUT2D eigenvalue weighted by Crippen LogP contribution is 2.29. The van der Waals surface area contributed by atoms with Gasteiger partial charge >= 0.3 is 12.0 Å². The van der Waals surface area contributed by atoms with E-state index < -0.39 is 24.0 Å². The third-order valence-corrected chi connectivity index (χ3v) is 2.41. The second-order valence-corrected chi connectivity index (χ2v) is 4.01. The lowest BCUT2D eigenvalue weighted by molar-refractivity contribution is -0.126. The van der Waals surface area contributed by atoms with Crippen molar-refractivity contribution in [3.63, 3.8) is 0 Å². The molecule has 8 heteroatoms. The molecule has 0 saturated carbocycles. The molecule has 0 aliphatic heterocycles. The lowest BCUT2D eigenvalue weighted by Gasteiger charge is -2.16. The molecular formula is C13H16N2O6. The molecule has 8 nitrogen and oxygen atoms in total. The Labute approximate surface area is 120 Å². The average molecular weight is 296 g/mol. The van der Waals surface area contributed by atoms with Crippen molar-refractivity contribution >= 4 is 17.9 Å². The maximum atomic E-state index is 11.5. The molecule has 0 aromatic heterocycles. The molecule has 1 rings (SSSR count). The number of ether oxygens (including phenoxy) is 2. The van der Waals surface area contributed by atoms with E-state index >= 15 is 0 Å². The number of carboxylic acid groups (broad SMARTS) is 1. The van der Waals surface area contributed by atoms with E-state index in [-0.39, 0.29) is 17.1 Å². The van der Waals surface area contributed by atoms with Crippen molar-refractivity contribution in [2.45, 2.75) is 20.0 Å². The molecule has 0 aliphatic rings. The van der Waals surface area contributed by atoms with Crippen LogP contribution in [0, 0.1) is 0 Å². The van der Waals surface area contributed by atoms with Crippen LogP contribution in [0.25, 0.3) is 0 Å². The summed E-state index contributed by atoms with van der Waals surface area (Å²) in [6, 6.07) is 3.00. The van der Waals surface area contributed by atoms with Gasteiger partial charge in [0.2, 0.25) is 0 Å². The average Bonchev–Trinajstić information content (AvgIpc) is 2.39. The minimum atomic E-state index is -1.11. The van der Waals surface area contributed by atoms with Crippen LogP contribution >= 0.6 is 0 Å². The summed E-state index contributed by atoms with van der Waals surface area (Å²) in [5, 5.41) is 10.8. The molecule has 0 aliphatic carbocycles. The van der Waals surface area contributed by atoms with Gasteiger partial charge in [0.25, 0.3) is 5.91 Å². The standard InChI is InChI=1S/C13H16N2O6/c1-3-20-10-6-8(12(17)18)4-5-9(10)21-7(2)11(16)15-13(14)19/h4-7H,3H2,1-2H3,(H,17,18)(H3,14,15,16,19). The van der Waals surface area contributed by atoms with Crippen LogP contribution in [0.15, 0.2) is 18.2 Å². The van der Waals surface area contributed by atoms with Gasteiger partial charge in [0, 0.05) is 0 Å². The highest BCUT2D eigenvalue weighted by Gasteiger charge is 2.19. The van der Waals surface area contributed by atoms with Gasteiger partial charge in [0.1, 0.15) is 0 Å². The molecule has 0 fully saturated rings. The van der Waals surface area contributed by atoms with E-state index in [0.717, 1.165) is 0 Å². The smallest absolute Gasteiger partial charge is 0.335 e. The molecule has 0 bridgehead atoms. The first-order chi connectivity index (χ1) is 9.85. The monoisotopic (exact) mass is 296 g/mol. The number of benzene rings is 1. The highest BCUT2D eigenvalue weighted by molar-refractivity contribution is 5.95. The van der Waals surface area contributed by atoms with Gasteiger partial charge in [0.15, 0.2) is 17.6 Å². The van der Waals surface area contributed by atoms with Gasteiger partial charge in [-0.05, 0) is 32.0 Å². The number of nitrogens with two attached hydrogens (primary N) is 1. The van der Waals surface area contributed by atoms with E-state index in [1.807, 2.05) is 5.32 Å². The Morgan fingerprint density at radius 1 is 1.33 bits per heavy atom. The zero-order chi connectivity index (χ0) is 16.0. The number of nitrogens with one attached hydrogen (secondary N) is 1. The van der Waals surface area contributed by atoms with Crippen molar-refractivity contribution in [3.8, 4) is 11.5 Å². The molecule has 114 valence electrons. The Morgan fingerprint density at radius 3 is 2.52 bits per heavy atom. The summed E-state index contributed by atoms with van der Waals surface area (Å²) >= 11 is 0. The summed E-state index contributed by atoms with van der Waals surface area (Å²) in [5.41, 5.74) is 4.87.